The summed E-state index contributed by atoms with van der Waals surface area (Å²) in [6.45, 7) is 6.32. The Morgan fingerprint density at radius 2 is 1.61 bits per heavy atom. The van der Waals surface area contributed by atoms with E-state index in [2.05, 4.69) is 19.9 Å². The molecule has 0 amide bonds. The third-order valence-corrected chi connectivity index (χ3v) is 7.66. The van der Waals surface area contributed by atoms with Crippen molar-refractivity contribution < 1.29 is 18.7 Å². The maximum atomic E-state index is 15.1. The van der Waals surface area contributed by atoms with E-state index in [1.54, 1.807) is 30.3 Å². The highest BCUT2D eigenvalue weighted by atomic mass is 19.1. The van der Waals surface area contributed by atoms with Crippen molar-refractivity contribution in [2.75, 3.05) is 0 Å². The summed E-state index contributed by atoms with van der Waals surface area (Å²) in [4.78, 5) is 12.1. The van der Waals surface area contributed by atoms with Crippen LogP contribution in [0.2, 0.25) is 0 Å². The van der Waals surface area contributed by atoms with Crippen LogP contribution in [-0.2, 0) is 4.74 Å². The average Bonchev–Trinajstić information content (AvgIpc) is 2.88. The fourth-order valence-electron chi connectivity index (χ4n) is 5.39. The summed E-state index contributed by atoms with van der Waals surface area (Å²) < 4.78 is 25.7. The van der Waals surface area contributed by atoms with Crippen LogP contribution in [0.25, 0.3) is 11.1 Å². The summed E-state index contributed by atoms with van der Waals surface area (Å²) >= 11 is 0. The van der Waals surface area contributed by atoms with Gasteiger partial charge < -0.3 is 9.47 Å². The van der Waals surface area contributed by atoms with Crippen molar-refractivity contribution in [2.24, 2.45) is 5.92 Å². The zero-order valence-electron chi connectivity index (χ0n) is 22.6. The lowest BCUT2D eigenvalue weighted by Crippen LogP contribution is -2.18. The third kappa shape index (κ3) is 8.94. The lowest BCUT2D eigenvalue weighted by molar-refractivity contribution is 0.0613. The molecule has 3 nitrogen and oxygen atoms in total. The molecular weight excluding hydrogens is 451 g/mol. The quantitative estimate of drug-likeness (QED) is 0.157. The summed E-state index contributed by atoms with van der Waals surface area (Å²) in [7, 11) is 0. The number of hydrogen-bond donors (Lipinski definition) is 0. The average molecular weight is 497 g/mol. The van der Waals surface area contributed by atoms with Crippen molar-refractivity contribution in [3.05, 3.63) is 53.8 Å². The SMILES string of the molecule is CCCCCCC(C)OC(=O)Oc1ccc(-c2ccc([C@H]3CC[C@H](CCCCC)CC3)cc2F)cc1. The molecule has 0 bridgehead atoms. The van der Waals surface area contributed by atoms with E-state index in [0.29, 0.717) is 17.2 Å². The second kappa shape index (κ2) is 15.0. The Morgan fingerprint density at radius 3 is 2.28 bits per heavy atom. The van der Waals surface area contributed by atoms with Gasteiger partial charge in [-0.1, -0.05) is 83.1 Å². The van der Waals surface area contributed by atoms with E-state index in [1.807, 2.05) is 13.0 Å². The van der Waals surface area contributed by atoms with E-state index >= 15 is 4.39 Å². The highest BCUT2D eigenvalue weighted by Gasteiger charge is 2.23. The smallest absolute Gasteiger partial charge is 0.431 e. The van der Waals surface area contributed by atoms with Gasteiger partial charge in [0.05, 0.1) is 0 Å². The minimum Gasteiger partial charge on any atom is -0.431 e. The van der Waals surface area contributed by atoms with Gasteiger partial charge in [0.1, 0.15) is 17.7 Å². The minimum atomic E-state index is -0.693. The van der Waals surface area contributed by atoms with E-state index in [-0.39, 0.29) is 11.9 Å². The number of rotatable bonds is 13. The van der Waals surface area contributed by atoms with Crippen LogP contribution in [0.5, 0.6) is 5.75 Å². The van der Waals surface area contributed by atoms with Crippen molar-refractivity contribution in [3.8, 4) is 16.9 Å². The minimum absolute atomic E-state index is 0.169. The summed E-state index contributed by atoms with van der Waals surface area (Å²) in [5.41, 5.74) is 2.46. The molecule has 1 saturated carbocycles. The number of halogens is 1. The lowest BCUT2D eigenvalue weighted by Gasteiger charge is -2.29. The highest BCUT2D eigenvalue weighted by Crippen LogP contribution is 2.39. The van der Waals surface area contributed by atoms with E-state index in [9.17, 15) is 4.79 Å². The predicted molar refractivity (Wildman–Crippen MR) is 146 cm³/mol. The van der Waals surface area contributed by atoms with Gasteiger partial charge in [0.25, 0.3) is 0 Å². The number of benzene rings is 2. The topological polar surface area (TPSA) is 35.5 Å². The van der Waals surface area contributed by atoms with Gasteiger partial charge in [-0.2, -0.15) is 0 Å². The molecule has 1 fully saturated rings. The largest absolute Gasteiger partial charge is 0.514 e. The molecule has 1 unspecified atom stereocenters. The van der Waals surface area contributed by atoms with Crippen molar-refractivity contribution in [3.63, 3.8) is 0 Å². The molecule has 2 aromatic carbocycles. The molecule has 0 aliphatic heterocycles. The van der Waals surface area contributed by atoms with Crippen LogP contribution in [0.4, 0.5) is 9.18 Å². The van der Waals surface area contributed by atoms with Crippen LogP contribution in [0.1, 0.15) is 116 Å². The van der Waals surface area contributed by atoms with Gasteiger partial charge in [-0.15, -0.1) is 0 Å². The predicted octanol–water partition coefficient (Wildman–Crippen LogP) is 10.2. The number of ether oxygens (including phenoxy) is 2. The molecule has 2 aromatic rings. The first-order valence-electron chi connectivity index (χ1n) is 14.3. The van der Waals surface area contributed by atoms with Crippen molar-refractivity contribution >= 4 is 6.16 Å². The Morgan fingerprint density at radius 1 is 0.917 bits per heavy atom. The first-order valence-corrected chi connectivity index (χ1v) is 14.3. The zero-order valence-corrected chi connectivity index (χ0v) is 22.6. The molecule has 1 aliphatic carbocycles. The van der Waals surface area contributed by atoms with Crippen LogP contribution < -0.4 is 4.74 Å². The second-order valence-corrected chi connectivity index (χ2v) is 10.6. The normalized spacial score (nSPS) is 18.6. The zero-order chi connectivity index (χ0) is 25.8. The van der Waals surface area contributed by atoms with Crippen molar-refractivity contribution in [1.29, 1.82) is 0 Å². The Kier molecular flexibility index (Phi) is 11.8. The molecule has 0 radical (unpaired) electrons. The highest BCUT2D eigenvalue weighted by molar-refractivity contribution is 5.67. The molecule has 0 heterocycles. The van der Waals surface area contributed by atoms with Gasteiger partial charge in [0.15, 0.2) is 0 Å². The number of carbonyl (C=O) groups excluding carboxylic acids is 1. The third-order valence-electron chi connectivity index (χ3n) is 7.66. The summed E-state index contributed by atoms with van der Waals surface area (Å²) in [6, 6.07) is 12.7. The van der Waals surface area contributed by atoms with Crippen LogP contribution in [0.3, 0.4) is 0 Å². The molecule has 3 rings (SSSR count). The Labute approximate surface area is 217 Å². The number of unbranched alkanes of at least 4 members (excludes halogenated alkanes) is 5. The van der Waals surface area contributed by atoms with Crippen LogP contribution in [-0.4, -0.2) is 12.3 Å². The standard InChI is InChI=1S/C32H45FO3/c1-4-6-8-10-11-24(3)35-32(34)36-29-20-17-27(18-21-29)30-22-19-28(23-31(30)33)26-15-13-25(14-16-26)12-9-7-5-2/h17-26H,4-16H2,1-3H3/t24?,25-,26-. The van der Waals surface area contributed by atoms with Gasteiger partial charge in [0.2, 0.25) is 0 Å². The summed E-state index contributed by atoms with van der Waals surface area (Å²) in [5, 5.41) is 0. The fourth-order valence-corrected chi connectivity index (χ4v) is 5.39. The van der Waals surface area contributed by atoms with Crippen molar-refractivity contribution in [1.82, 2.24) is 0 Å². The monoisotopic (exact) mass is 496 g/mol. The van der Waals surface area contributed by atoms with Gasteiger partial charge in [-0.25, -0.2) is 9.18 Å². The molecule has 4 heteroatoms. The molecule has 198 valence electrons. The molecule has 0 saturated heterocycles. The Bertz CT molecular complexity index is 915. The van der Waals surface area contributed by atoms with Gasteiger partial charge >= 0.3 is 6.16 Å². The molecule has 1 aliphatic rings. The maximum Gasteiger partial charge on any atom is 0.514 e. The Hall–Kier alpha value is -2.36. The fraction of sp³-hybridized carbons (Fsp3) is 0.594. The molecule has 36 heavy (non-hydrogen) atoms. The Balaban J connectivity index is 1.49. The molecule has 0 N–H and O–H groups in total. The van der Waals surface area contributed by atoms with E-state index in [0.717, 1.165) is 49.1 Å². The van der Waals surface area contributed by atoms with E-state index in [1.165, 1.54) is 51.4 Å². The van der Waals surface area contributed by atoms with Crippen LogP contribution in [0, 0.1) is 11.7 Å². The second-order valence-electron chi connectivity index (χ2n) is 10.6. The number of carbonyl (C=O) groups is 1. The lowest BCUT2D eigenvalue weighted by atomic mass is 9.77. The van der Waals surface area contributed by atoms with E-state index in [4.69, 9.17) is 9.47 Å². The molecular formula is C32H45FO3. The number of hydrogen-bond acceptors (Lipinski definition) is 3. The molecule has 0 aromatic heterocycles. The first-order chi connectivity index (χ1) is 17.5. The van der Waals surface area contributed by atoms with Crippen LogP contribution >= 0.6 is 0 Å². The summed E-state index contributed by atoms with van der Waals surface area (Å²) in [6.07, 6.45) is 14.7. The van der Waals surface area contributed by atoms with Gasteiger partial charge in [0, 0.05) is 5.56 Å². The molecule has 1 atom stereocenters. The van der Waals surface area contributed by atoms with E-state index < -0.39 is 6.16 Å². The van der Waals surface area contributed by atoms with Gasteiger partial charge in [-0.05, 0) is 86.6 Å². The van der Waals surface area contributed by atoms with Gasteiger partial charge in [-0.3, -0.25) is 0 Å². The summed E-state index contributed by atoms with van der Waals surface area (Å²) in [5.74, 6) is 1.52. The molecule has 0 spiro atoms. The first kappa shape index (κ1) is 28.2. The van der Waals surface area contributed by atoms with Crippen LogP contribution in [0.15, 0.2) is 42.5 Å². The van der Waals surface area contributed by atoms with Crippen molar-refractivity contribution in [2.45, 2.75) is 116 Å². The maximum absolute atomic E-state index is 15.1.